The van der Waals surface area contributed by atoms with Crippen LogP contribution in [0.3, 0.4) is 0 Å². The minimum Gasteiger partial charge on any atom is -0.379 e. The van der Waals surface area contributed by atoms with Gasteiger partial charge in [-0.15, -0.1) is 0 Å². The number of ether oxygens (including phenoxy) is 1. The van der Waals surface area contributed by atoms with Crippen molar-refractivity contribution in [3.05, 3.63) is 59.8 Å². The Morgan fingerprint density at radius 3 is 2.41 bits per heavy atom. The van der Waals surface area contributed by atoms with Crippen molar-refractivity contribution in [3.63, 3.8) is 0 Å². The van der Waals surface area contributed by atoms with Crippen molar-refractivity contribution >= 4 is 11.2 Å². The van der Waals surface area contributed by atoms with E-state index in [1.165, 1.54) is 25.0 Å². The van der Waals surface area contributed by atoms with E-state index in [9.17, 15) is 4.39 Å². The van der Waals surface area contributed by atoms with Crippen molar-refractivity contribution in [1.82, 2.24) is 24.3 Å². The van der Waals surface area contributed by atoms with Crippen LogP contribution in [-0.2, 0) is 17.7 Å². The molecule has 2 fully saturated rings. The van der Waals surface area contributed by atoms with E-state index in [-0.39, 0.29) is 5.82 Å². The summed E-state index contributed by atoms with van der Waals surface area (Å²) in [4.78, 5) is 14.6. The Bertz CT molecular complexity index is 1010. The van der Waals surface area contributed by atoms with E-state index in [0.29, 0.717) is 12.5 Å². The zero-order valence-corrected chi connectivity index (χ0v) is 18.6. The first-order chi connectivity index (χ1) is 15.7. The molecule has 0 aliphatic carbocycles. The molecule has 0 atom stereocenters. The van der Waals surface area contributed by atoms with Crippen molar-refractivity contribution in [2.75, 3.05) is 52.5 Å². The largest absolute Gasteiger partial charge is 0.379 e. The van der Waals surface area contributed by atoms with E-state index in [4.69, 9.17) is 9.72 Å². The lowest BCUT2D eigenvalue weighted by molar-refractivity contribution is 0.0314. The molecule has 6 nitrogen and oxygen atoms in total. The van der Waals surface area contributed by atoms with E-state index >= 15 is 0 Å². The standard InChI is InChI=1S/C25H32FN5O/c26-22-5-3-21(4-6-22)19-31-24(28-23-2-1-9-27-25(23)31)18-20-7-10-29(11-8-20)12-13-30-14-16-32-17-15-30/h1-6,9,20H,7-8,10-19H2. The highest BCUT2D eigenvalue weighted by atomic mass is 19.1. The third-order valence-corrected chi connectivity index (χ3v) is 6.85. The van der Waals surface area contributed by atoms with Crippen LogP contribution < -0.4 is 0 Å². The maximum atomic E-state index is 13.4. The lowest BCUT2D eigenvalue weighted by atomic mass is 9.93. The van der Waals surface area contributed by atoms with Gasteiger partial charge in [0.1, 0.15) is 17.2 Å². The van der Waals surface area contributed by atoms with Crippen LogP contribution in [0, 0.1) is 11.7 Å². The van der Waals surface area contributed by atoms with Crippen molar-refractivity contribution in [3.8, 4) is 0 Å². The van der Waals surface area contributed by atoms with Gasteiger partial charge in [-0.3, -0.25) is 4.90 Å². The summed E-state index contributed by atoms with van der Waals surface area (Å²) in [6, 6.07) is 10.7. The Hall–Kier alpha value is -2.35. The summed E-state index contributed by atoms with van der Waals surface area (Å²) < 4.78 is 21.0. The van der Waals surface area contributed by atoms with Crippen LogP contribution in [-0.4, -0.2) is 76.8 Å². The third kappa shape index (κ3) is 5.17. The molecule has 170 valence electrons. The van der Waals surface area contributed by atoms with Gasteiger partial charge in [-0.25, -0.2) is 14.4 Å². The second-order valence-electron chi connectivity index (χ2n) is 9.03. The highest BCUT2D eigenvalue weighted by Gasteiger charge is 2.23. The molecule has 2 aliphatic heterocycles. The van der Waals surface area contributed by atoms with Gasteiger partial charge < -0.3 is 14.2 Å². The average Bonchev–Trinajstić information content (AvgIpc) is 3.17. The zero-order chi connectivity index (χ0) is 21.8. The number of morpholine rings is 1. The number of rotatable bonds is 7. The molecule has 0 amide bonds. The predicted molar refractivity (Wildman–Crippen MR) is 123 cm³/mol. The fraction of sp³-hybridized carbons (Fsp3) is 0.520. The van der Waals surface area contributed by atoms with Gasteiger partial charge in [0.2, 0.25) is 0 Å². The number of hydrogen-bond acceptors (Lipinski definition) is 5. The molecule has 4 heterocycles. The van der Waals surface area contributed by atoms with Crippen LogP contribution in [0.25, 0.3) is 11.2 Å². The van der Waals surface area contributed by atoms with Crippen LogP contribution in [0.1, 0.15) is 24.2 Å². The monoisotopic (exact) mass is 437 g/mol. The summed E-state index contributed by atoms with van der Waals surface area (Å²) >= 11 is 0. The van der Waals surface area contributed by atoms with Crippen molar-refractivity contribution < 1.29 is 9.13 Å². The first-order valence-corrected chi connectivity index (χ1v) is 11.8. The van der Waals surface area contributed by atoms with Gasteiger partial charge in [-0.2, -0.15) is 0 Å². The molecule has 2 aliphatic rings. The first-order valence-electron chi connectivity index (χ1n) is 11.8. The van der Waals surface area contributed by atoms with Crippen LogP contribution >= 0.6 is 0 Å². The average molecular weight is 438 g/mol. The fourth-order valence-electron chi connectivity index (χ4n) is 4.88. The second kappa shape index (κ2) is 10.1. The summed E-state index contributed by atoms with van der Waals surface area (Å²) in [6.07, 6.45) is 5.20. The Balaban J connectivity index is 1.22. The first kappa shape index (κ1) is 21.5. The number of imidazole rings is 1. The second-order valence-corrected chi connectivity index (χ2v) is 9.03. The van der Waals surface area contributed by atoms with Crippen LogP contribution in [0.5, 0.6) is 0 Å². The Morgan fingerprint density at radius 2 is 1.66 bits per heavy atom. The quantitative estimate of drug-likeness (QED) is 0.568. The molecule has 0 bridgehead atoms. The molecule has 7 heteroatoms. The van der Waals surface area contributed by atoms with Crippen LogP contribution in [0.15, 0.2) is 42.6 Å². The SMILES string of the molecule is Fc1ccc(Cn2c(CC3CCN(CCN4CCOCC4)CC3)nc3cccnc32)cc1. The number of fused-ring (bicyclic) bond motifs is 1. The molecule has 0 spiro atoms. The van der Waals surface area contributed by atoms with E-state index in [0.717, 1.165) is 81.5 Å². The minimum atomic E-state index is -0.206. The molecule has 0 saturated carbocycles. The van der Waals surface area contributed by atoms with E-state index < -0.39 is 0 Å². The maximum absolute atomic E-state index is 13.4. The molecule has 32 heavy (non-hydrogen) atoms. The summed E-state index contributed by atoms with van der Waals surface area (Å²) in [5.74, 6) is 1.52. The Kier molecular flexibility index (Phi) is 6.76. The maximum Gasteiger partial charge on any atom is 0.160 e. The number of pyridine rings is 1. The lowest BCUT2D eigenvalue weighted by Gasteiger charge is -2.34. The highest BCUT2D eigenvalue weighted by molar-refractivity contribution is 5.71. The number of likely N-dealkylation sites (tertiary alicyclic amines) is 1. The third-order valence-electron chi connectivity index (χ3n) is 6.85. The molecular formula is C25H32FN5O. The van der Waals surface area contributed by atoms with E-state index in [1.807, 2.05) is 30.5 Å². The normalized spacial score (nSPS) is 19.0. The molecule has 3 aromatic rings. The van der Waals surface area contributed by atoms with Crippen LogP contribution in [0.2, 0.25) is 0 Å². The van der Waals surface area contributed by atoms with Gasteiger partial charge >= 0.3 is 0 Å². The summed E-state index contributed by atoms with van der Waals surface area (Å²) in [7, 11) is 0. The van der Waals surface area contributed by atoms with E-state index in [1.54, 1.807) is 0 Å². The molecule has 5 rings (SSSR count). The van der Waals surface area contributed by atoms with Gasteiger partial charge in [0, 0.05) is 38.8 Å². The molecule has 0 unspecified atom stereocenters. The summed E-state index contributed by atoms with van der Waals surface area (Å²) in [5.41, 5.74) is 2.91. The smallest absolute Gasteiger partial charge is 0.160 e. The number of hydrogen-bond donors (Lipinski definition) is 0. The molecule has 2 aromatic heterocycles. The summed E-state index contributed by atoms with van der Waals surface area (Å²) in [6.45, 7) is 9.15. The van der Waals surface area contributed by atoms with Gasteiger partial charge in [0.25, 0.3) is 0 Å². The van der Waals surface area contributed by atoms with Crippen LogP contribution in [0.4, 0.5) is 4.39 Å². The van der Waals surface area contributed by atoms with Gasteiger partial charge in [-0.05, 0) is 61.7 Å². The Labute approximate surface area is 189 Å². The van der Waals surface area contributed by atoms with Gasteiger partial charge in [-0.1, -0.05) is 12.1 Å². The topological polar surface area (TPSA) is 46.4 Å². The molecular weight excluding hydrogens is 405 g/mol. The molecule has 0 radical (unpaired) electrons. The number of piperidine rings is 1. The predicted octanol–water partition coefficient (Wildman–Crippen LogP) is 3.21. The fourth-order valence-corrected chi connectivity index (χ4v) is 4.88. The van der Waals surface area contributed by atoms with Gasteiger partial charge in [0.15, 0.2) is 5.65 Å². The number of nitrogens with zero attached hydrogens (tertiary/aromatic N) is 5. The van der Waals surface area contributed by atoms with E-state index in [2.05, 4.69) is 19.4 Å². The number of aromatic nitrogens is 3. The molecule has 2 saturated heterocycles. The van der Waals surface area contributed by atoms with Gasteiger partial charge in [0.05, 0.1) is 19.8 Å². The lowest BCUT2D eigenvalue weighted by Crippen LogP contribution is -2.43. The highest BCUT2D eigenvalue weighted by Crippen LogP contribution is 2.24. The van der Waals surface area contributed by atoms with Crippen molar-refractivity contribution in [1.29, 1.82) is 0 Å². The molecule has 0 N–H and O–H groups in total. The minimum absolute atomic E-state index is 0.206. The summed E-state index contributed by atoms with van der Waals surface area (Å²) in [5, 5.41) is 0. The van der Waals surface area contributed by atoms with Crippen molar-refractivity contribution in [2.45, 2.75) is 25.8 Å². The van der Waals surface area contributed by atoms with Crippen molar-refractivity contribution in [2.24, 2.45) is 5.92 Å². The number of halogens is 1. The Morgan fingerprint density at radius 1 is 0.938 bits per heavy atom. The molecule has 1 aromatic carbocycles. The number of benzene rings is 1. The zero-order valence-electron chi connectivity index (χ0n) is 18.6.